The molecule has 0 atom stereocenters. The molecular formula is C26H15Br2N. The van der Waals surface area contributed by atoms with Crippen LogP contribution < -0.4 is 0 Å². The summed E-state index contributed by atoms with van der Waals surface area (Å²) in [6.07, 6.45) is 0. The molecule has 0 saturated carbocycles. The van der Waals surface area contributed by atoms with Gasteiger partial charge in [-0.05, 0) is 70.8 Å². The summed E-state index contributed by atoms with van der Waals surface area (Å²) in [5.74, 6) is 0. The molecule has 0 spiro atoms. The third-order valence-corrected chi connectivity index (χ3v) is 6.64. The zero-order valence-electron chi connectivity index (χ0n) is 15.4. The highest BCUT2D eigenvalue weighted by Crippen LogP contribution is 2.37. The molecule has 0 aliphatic rings. The van der Waals surface area contributed by atoms with Crippen molar-refractivity contribution in [2.45, 2.75) is 0 Å². The Balaban J connectivity index is 1.80. The van der Waals surface area contributed by atoms with Gasteiger partial charge in [-0.3, -0.25) is 0 Å². The maximum Gasteiger partial charge on any atom is 0.0542 e. The van der Waals surface area contributed by atoms with Crippen molar-refractivity contribution in [1.82, 2.24) is 4.57 Å². The third-order valence-electron chi connectivity index (χ3n) is 5.65. The molecule has 0 aliphatic carbocycles. The molecule has 0 unspecified atom stereocenters. The summed E-state index contributed by atoms with van der Waals surface area (Å²) in [5, 5.41) is 7.54. The SMILES string of the molecule is Brc1ccc2c(c1)c1cc(Br)ccc1n2-c1cccc2cc3ccccc3cc12. The minimum Gasteiger partial charge on any atom is -0.309 e. The molecular weight excluding hydrogens is 486 g/mol. The van der Waals surface area contributed by atoms with Gasteiger partial charge in [-0.15, -0.1) is 0 Å². The first kappa shape index (κ1) is 17.3. The quantitative estimate of drug-likeness (QED) is 0.199. The number of nitrogens with zero attached hydrogens (tertiary/aromatic N) is 1. The highest BCUT2D eigenvalue weighted by molar-refractivity contribution is 9.10. The van der Waals surface area contributed by atoms with Crippen LogP contribution in [0.25, 0.3) is 49.0 Å². The maximum atomic E-state index is 3.65. The molecule has 1 aromatic heterocycles. The Labute approximate surface area is 184 Å². The van der Waals surface area contributed by atoms with Crippen LogP contribution in [0.4, 0.5) is 0 Å². The molecule has 3 heteroatoms. The summed E-state index contributed by atoms with van der Waals surface area (Å²) in [6, 6.07) is 32.8. The molecule has 1 heterocycles. The Hall–Kier alpha value is -2.62. The molecule has 0 fully saturated rings. The van der Waals surface area contributed by atoms with Crippen LogP contribution in [0.3, 0.4) is 0 Å². The molecule has 6 rings (SSSR count). The first-order valence-corrected chi connectivity index (χ1v) is 11.1. The highest BCUT2D eigenvalue weighted by atomic mass is 79.9. The van der Waals surface area contributed by atoms with E-state index in [-0.39, 0.29) is 0 Å². The van der Waals surface area contributed by atoms with E-state index in [0.29, 0.717) is 0 Å². The summed E-state index contributed by atoms with van der Waals surface area (Å²) in [4.78, 5) is 0. The van der Waals surface area contributed by atoms with Crippen molar-refractivity contribution >= 4 is 75.2 Å². The first-order chi connectivity index (χ1) is 14.2. The van der Waals surface area contributed by atoms with Crippen molar-refractivity contribution in [2.75, 3.05) is 0 Å². The van der Waals surface area contributed by atoms with Gasteiger partial charge in [-0.1, -0.05) is 68.3 Å². The lowest BCUT2D eigenvalue weighted by atomic mass is 10.0. The Bertz CT molecular complexity index is 1520. The maximum absolute atomic E-state index is 3.65. The van der Waals surface area contributed by atoms with E-state index in [2.05, 4.69) is 127 Å². The average molecular weight is 501 g/mol. The van der Waals surface area contributed by atoms with Crippen molar-refractivity contribution in [3.05, 3.63) is 99.9 Å². The monoisotopic (exact) mass is 499 g/mol. The Morgan fingerprint density at radius 2 is 1.07 bits per heavy atom. The predicted molar refractivity (Wildman–Crippen MR) is 131 cm³/mol. The fourth-order valence-corrected chi connectivity index (χ4v) is 5.09. The number of benzene rings is 5. The lowest BCUT2D eigenvalue weighted by molar-refractivity contribution is 1.20. The lowest BCUT2D eigenvalue weighted by Crippen LogP contribution is -1.95. The predicted octanol–water partition coefficient (Wildman–Crippen LogP) is 8.62. The number of hydrogen-bond acceptors (Lipinski definition) is 0. The second-order valence-corrected chi connectivity index (χ2v) is 9.19. The van der Waals surface area contributed by atoms with E-state index in [1.807, 2.05) is 0 Å². The van der Waals surface area contributed by atoms with Crippen LogP contribution in [-0.2, 0) is 0 Å². The minimum absolute atomic E-state index is 1.09. The van der Waals surface area contributed by atoms with Crippen molar-refractivity contribution in [3.8, 4) is 5.69 Å². The van der Waals surface area contributed by atoms with E-state index >= 15 is 0 Å². The topological polar surface area (TPSA) is 4.93 Å². The van der Waals surface area contributed by atoms with Crippen molar-refractivity contribution in [1.29, 1.82) is 0 Å². The van der Waals surface area contributed by atoms with Crippen LogP contribution >= 0.6 is 31.9 Å². The van der Waals surface area contributed by atoms with Crippen molar-refractivity contribution in [3.63, 3.8) is 0 Å². The number of fused-ring (bicyclic) bond motifs is 5. The summed E-state index contributed by atoms with van der Waals surface area (Å²) in [7, 11) is 0. The lowest BCUT2D eigenvalue weighted by Gasteiger charge is -2.12. The Kier molecular flexibility index (Phi) is 3.84. The van der Waals surface area contributed by atoms with Gasteiger partial charge < -0.3 is 4.57 Å². The van der Waals surface area contributed by atoms with E-state index in [1.54, 1.807) is 0 Å². The van der Waals surface area contributed by atoms with Gasteiger partial charge in [0.1, 0.15) is 0 Å². The van der Waals surface area contributed by atoms with E-state index < -0.39 is 0 Å². The molecule has 138 valence electrons. The molecule has 6 aromatic rings. The summed E-state index contributed by atoms with van der Waals surface area (Å²) >= 11 is 7.30. The smallest absolute Gasteiger partial charge is 0.0542 e. The average Bonchev–Trinajstić information content (AvgIpc) is 3.04. The van der Waals surface area contributed by atoms with Crippen LogP contribution in [0.15, 0.2) is 99.9 Å². The van der Waals surface area contributed by atoms with Crippen LogP contribution in [-0.4, -0.2) is 4.57 Å². The van der Waals surface area contributed by atoms with E-state index in [9.17, 15) is 0 Å². The van der Waals surface area contributed by atoms with Gasteiger partial charge in [-0.2, -0.15) is 0 Å². The van der Waals surface area contributed by atoms with Gasteiger partial charge in [0.15, 0.2) is 0 Å². The Morgan fingerprint density at radius 3 is 1.72 bits per heavy atom. The van der Waals surface area contributed by atoms with Gasteiger partial charge >= 0.3 is 0 Å². The normalized spacial score (nSPS) is 11.8. The number of hydrogen-bond donors (Lipinski definition) is 0. The first-order valence-electron chi connectivity index (χ1n) is 9.50. The van der Waals surface area contributed by atoms with Gasteiger partial charge in [0, 0.05) is 25.1 Å². The van der Waals surface area contributed by atoms with Crippen LogP contribution in [0.1, 0.15) is 0 Å². The molecule has 5 aromatic carbocycles. The number of rotatable bonds is 1. The van der Waals surface area contributed by atoms with Crippen LogP contribution in [0.5, 0.6) is 0 Å². The van der Waals surface area contributed by atoms with E-state index in [1.165, 1.54) is 49.0 Å². The zero-order chi connectivity index (χ0) is 19.5. The largest absolute Gasteiger partial charge is 0.309 e. The molecule has 0 radical (unpaired) electrons. The second kappa shape index (κ2) is 6.45. The Morgan fingerprint density at radius 1 is 0.483 bits per heavy atom. The molecule has 1 nitrogen and oxygen atoms in total. The number of aromatic nitrogens is 1. The third kappa shape index (κ3) is 2.65. The number of halogens is 2. The van der Waals surface area contributed by atoms with Gasteiger partial charge in [-0.25, -0.2) is 0 Å². The fourth-order valence-electron chi connectivity index (χ4n) is 4.37. The van der Waals surface area contributed by atoms with Gasteiger partial charge in [0.05, 0.1) is 16.7 Å². The summed E-state index contributed by atoms with van der Waals surface area (Å²) in [5.41, 5.74) is 3.63. The highest BCUT2D eigenvalue weighted by Gasteiger charge is 2.15. The summed E-state index contributed by atoms with van der Waals surface area (Å²) in [6.45, 7) is 0. The molecule has 0 N–H and O–H groups in total. The molecule has 0 aliphatic heterocycles. The van der Waals surface area contributed by atoms with Crippen LogP contribution in [0.2, 0.25) is 0 Å². The van der Waals surface area contributed by atoms with E-state index in [4.69, 9.17) is 0 Å². The zero-order valence-corrected chi connectivity index (χ0v) is 18.5. The minimum atomic E-state index is 1.09. The van der Waals surface area contributed by atoms with Crippen molar-refractivity contribution < 1.29 is 0 Å². The molecule has 0 amide bonds. The van der Waals surface area contributed by atoms with Crippen molar-refractivity contribution in [2.24, 2.45) is 0 Å². The van der Waals surface area contributed by atoms with E-state index in [0.717, 1.165) is 8.95 Å². The molecule has 0 bridgehead atoms. The summed E-state index contributed by atoms with van der Waals surface area (Å²) < 4.78 is 4.57. The van der Waals surface area contributed by atoms with Gasteiger partial charge in [0.25, 0.3) is 0 Å². The van der Waals surface area contributed by atoms with Gasteiger partial charge in [0.2, 0.25) is 0 Å². The fraction of sp³-hybridized carbons (Fsp3) is 0. The molecule has 29 heavy (non-hydrogen) atoms. The molecule has 0 saturated heterocycles. The van der Waals surface area contributed by atoms with Crippen LogP contribution in [0, 0.1) is 0 Å². The standard InChI is InChI=1S/C26H15Br2N/c27-19-8-10-25-22(14-19)23-15-20(28)9-11-26(23)29(25)24-7-3-6-18-12-16-4-1-2-5-17(16)13-21(18)24/h1-15H. The second-order valence-electron chi connectivity index (χ2n) is 7.36.